The Morgan fingerprint density at radius 2 is 1.73 bits per heavy atom. The molecule has 0 aliphatic heterocycles. The van der Waals surface area contributed by atoms with Crippen molar-refractivity contribution < 1.29 is 4.39 Å². The molecule has 1 aliphatic carbocycles. The fourth-order valence-electron chi connectivity index (χ4n) is 2.07. The van der Waals surface area contributed by atoms with Crippen molar-refractivity contribution in [3.63, 3.8) is 0 Å². The van der Waals surface area contributed by atoms with E-state index in [2.05, 4.69) is 13.8 Å². The third kappa shape index (κ3) is 1.74. The summed E-state index contributed by atoms with van der Waals surface area (Å²) >= 11 is 0. The first-order valence-electron chi connectivity index (χ1n) is 4.62. The van der Waals surface area contributed by atoms with Crippen LogP contribution in [-0.2, 0) is 0 Å². The highest BCUT2D eigenvalue weighted by Crippen LogP contribution is 2.42. The monoisotopic (exact) mass is 158 g/mol. The summed E-state index contributed by atoms with van der Waals surface area (Å²) in [6.45, 7) is 8.17. The number of rotatable bonds is 0. The van der Waals surface area contributed by atoms with Crippen molar-refractivity contribution in [3.05, 3.63) is 0 Å². The molecule has 1 saturated carbocycles. The summed E-state index contributed by atoms with van der Waals surface area (Å²) in [6, 6.07) is 0. The zero-order chi connectivity index (χ0) is 8.65. The Balaban J connectivity index is 2.63. The molecule has 1 rings (SSSR count). The standard InChI is InChI=1S/C10H19F/c1-7-5-9(3)10(4,11)6-8(7)2/h7-9H,5-6H2,1-4H3. The molecule has 0 radical (unpaired) electrons. The van der Waals surface area contributed by atoms with Crippen LogP contribution in [0, 0.1) is 17.8 Å². The van der Waals surface area contributed by atoms with Gasteiger partial charge in [-0.3, -0.25) is 0 Å². The Bertz CT molecular complexity index is 140. The highest BCUT2D eigenvalue weighted by atomic mass is 19.1. The molecule has 0 aromatic heterocycles. The van der Waals surface area contributed by atoms with E-state index in [1.54, 1.807) is 6.92 Å². The molecule has 0 bridgehead atoms. The molecular weight excluding hydrogens is 139 g/mol. The summed E-state index contributed by atoms with van der Waals surface area (Å²) in [4.78, 5) is 0. The maximum Gasteiger partial charge on any atom is 0.111 e. The quantitative estimate of drug-likeness (QED) is 0.506. The van der Waals surface area contributed by atoms with Crippen LogP contribution in [0.5, 0.6) is 0 Å². The zero-order valence-electron chi connectivity index (χ0n) is 8.02. The number of alkyl halides is 1. The minimum absolute atomic E-state index is 0.244. The molecule has 0 spiro atoms. The number of hydrogen-bond donors (Lipinski definition) is 0. The minimum atomic E-state index is -0.911. The van der Waals surface area contributed by atoms with Crippen molar-refractivity contribution in [2.45, 2.75) is 46.2 Å². The van der Waals surface area contributed by atoms with Crippen LogP contribution in [-0.4, -0.2) is 5.67 Å². The van der Waals surface area contributed by atoms with Crippen LogP contribution in [0.1, 0.15) is 40.5 Å². The summed E-state index contributed by atoms with van der Waals surface area (Å²) in [6.07, 6.45) is 1.80. The molecule has 1 fully saturated rings. The maximum atomic E-state index is 13.7. The number of hydrogen-bond acceptors (Lipinski definition) is 0. The van der Waals surface area contributed by atoms with Crippen molar-refractivity contribution in [1.82, 2.24) is 0 Å². The van der Waals surface area contributed by atoms with Gasteiger partial charge in [-0.15, -0.1) is 0 Å². The molecule has 0 aromatic rings. The van der Waals surface area contributed by atoms with Crippen molar-refractivity contribution in [3.8, 4) is 0 Å². The Hall–Kier alpha value is -0.0700. The fourth-order valence-corrected chi connectivity index (χ4v) is 2.07. The normalized spacial score (nSPS) is 52.6. The van der Waals surface area contributed by atoms with E-state index in [9.17, 15) is 4.39 Å². The number of halogens is 1. The second-order valence-corrected chi connectivity index (χ2v) is 4.57. The van der Waals surface area contributed by atoms with Gasteiger partial charge < -0.3 is 0 Å². The van der Waals surface area contributed by atoms with Crippen LogP contribution in [0.3, 0.4) is 0 Å². The van der Waals surface area contributed by atoms with Crippen molar-refractivity contribution in [2.24, 2.45) is 17.8 Å². The molecule has 4 atom stereocenters. The molecule has 4 unspecified atom stereocenters. The molecule has 11 heavy (non-hydrogen) atoms. The first-order valence-corrected chi connectivity index (χ1v) is 4.62. The molecule has 0 aromatic carbocycles. The van der Waals surface area contributed by atoms with E-state index < -0.39 is 5.67 Å². The maximum absolute atomic E-state index is 13.7. The van der Waals surface area contributed by atoms with Crippen LogP contribution in [0.15, 0.2) is 0 Å². The average Bonchev–Trinajstić information content (AvgIpc) is 1.83. The highest BCUT2D eigenvalue weighted by molar-refractivity contribution is 4.89. The van der Waals surface area contributed by atoms with E-state index in [-0.39, 0.29) is 5.92 Å². The van der Waals surface area contributed by atoms with Gasteiger partial charge in [-0.2, -0.15) is 0 Å². The lowest BCUT2D eigenvalue weighted by Gasteiger charge is -2.39. The first-order chi connectivity index (χ1) is 4.93. The predicted octanol–water partition coefficient (Wildman–Crippen LogP) is 3.42. The lowest BCUT2D eigenvalue weighted by atomic mass is 9.69. The van der Waals surface area contributed by atoms with Crippen molar-refractivity contribution >= 4 is 0 Å². The topological polar surface area (TPSA) is 0 Å². The third-order valence-corrected chi connectivity index (χ3v) is 3.45. The van der Waals surface area contributed by atoms with Crippen molar-refractivity contribution in [1.29, 1.82) is 0 Å². The Kier molecular flexibility index (Phi) is 2.27. The predicted molar refractivity (Wildman–Crippen MR) is 46.2 cm³/mol. The van der Waals surface area contributed by atoms with E-state index in [1.165, 1.54) is 0 Å². The molecule has 0 heterocycles. The molecule has 0 amide bonds. The van der Waals surface area contributed by atoms with Crippen LogP contribution in [0.4, 0.5) is 4.39 Å². The van der Waals surface area contributed by atoms with Gasteiger partial charge in [0.15, 0.2) is 0 Å². The third-order valence-electron chi connectivity index (χ3n) is 3.45. The molecule has 1 aliphatic rings. The van der Waals surface area contributed by atoms with Crippen LogP contribution in [0.25, 0.3) is 0 Å². The van der Waals surface area contributed by atoms with Gasteiger partial charge in [-0.05, 0) is 37.5 Å². The van der Waals surface area contributed by atoms with E-state index in [1.807, 2.05) is 6.92 Å². The largest absolute Gasteiger partial charge is 0.244 e. The average molecular weight is 158 g/mol. The molecule has 0 N–H and O–H groups in total. The molecule has 0 saturated heterocycles. The van der Waals surface area contributed by atoms with E-state index in [0.29, 0.717) is 11.8 Å². The zero-order valence-corrected chi connectivity index (χ0v) is 8.02. The van der Waals surface area contributed by atoms with Gasteiger partial charge in [0.05, 0.1) is 0 Å². The summed E-state index contributed by atoms with van der Waals surface area (Å²) in [7, 11) is 0. The van der Waals surface area contributed by atoms with Gasteiger partial charge in [-0.25, -0.2) is 4.39 Å². The Labute approximate surface area is 69.2 Å². The summed E-state index contributed by atoms with van der Waals surface area (Å²) in [5.74, 6) is 1.50. The lowest BCUT2D eigenvalue weighted by molar-refractivity contribution is 0.0165. The summed E-state index contributed by atoms with van der Waals surface area (Å²) < 4.78 is 13.7. The first kappa shape index (κ1) is 9.02. The second kappa shape index (κ2) is 2.76. The van der Waals surface area contributed by atoms with Crippen LogP contribution >= 0.6 is 0 Å². The van der Waals surface area contributed by atoms with Gasteiger partial charge in [0, 0.05) is 0 Å². The van der Waals surface area contributed by atoms with Crippen LogP contribution < -0.4 is 0 Å². The van der Waals surface area contributed by atoms with Gasteiger partial charge in [0.2, 0.25) is 0 Å². The van der Waals surface area contributed by atoms with E-state index in [4.69, 9.17) is 0 Å². The highest BCUT2D eigenvalue weighted by Gasteiger charge is 2.39. The fraction of sp³-hybridized carbons (Fsp3) is 1.00. The molecule has 0 nitrogen and oxygen atoms in total. The van der Waals surface area contributed by atoms with Crippen molar-refractivity contribution in [2.75, 3.05) is 0 Å². The van der Waals surface area contributed by atoms with Gasteiger partial charge >= 0.3 is 0 Å². The molecule has 1 heteroatoms. The summed E-state index contributed by atoms with van der Waals surface area (Å²) in [5, 5.41) is 0. The van der Waals surface area contributed by atoms with Gasteiger partial charge in [0.25, 0.3) is 0 Å². The smallest absolute Gasteiger partial charge is 0.111 e. The molecular formula is C10H19F. The molecule has 66 valence electrons. The minimum Gasteiger partial charge on any atom is -0.244 e. The van der Waals surface area contributed by atoms with Gasteiger partial charge in [0.1, 0.15) is 5.67 Å². The van der Waals surface area contributed by atoms with E-state index in [0.717, 1.165) is 12.8 Å². The second-order valence-electron chi connectivity index (χ2n) is 4.57. The Morgan fingerprint density at radius 1 is 1.18 bits per heavy atom. The Morgan fingerprint density at radius 3 is 2.18 bits per heavy atom. The lowest BCUT2D eigenvalue weighted by Crippen LogP contribution is -2.38. The summed E-state index contributed by atoms with van der Waals surface area (Å²) in [5.41, 5.74) is -0.911. The van der Waals surface area contributed by atoms with Crippen LogP contribution in [0.2, 0.25) is 0 Å². The van der Waals surface area contributed by atoms with Gasteiger partial charge in [-0.1, -0.05) is 20.8 Å². The SMILES string of the molecule is CC1CC(C)C(C)(F)CC1C. The van der Waals surface area contributed by atoms with E-state index >= 15 is 0 Å².